The molecule has 2 unspecified atom stereocenters. The molecule has 0 saturated carbocycles. The van der Waals surface area contributed by atoms with E-state index in [0.717, 1.165) is 47.4 Å². The van der Waals surface area contributed by atoms with Gasteiger partial charge in [-0.05, 0) is 83.6 Å². The summed E-state index contributed by atoms with van der Waals surface area (Å²) in [5.41, 5.74) is 4.69. The van der Waals surface area contributed by atoms with Gasteiger partial charge < -0.3 is 33.5 Å². The van der Waals surface area contributed by atoms with Crippen molar-refractivity contribution in [3.05, 3.63) is 167 Å². The van der Waals surface area contributed by atoms with Crippen molar-refractivity contribution in [1.29, 1.82) is 0 Å². The van der Waals surface area contributed by atoms with E-state index >= 15 is 0 Å². The van der Waals surface area contributed by atoms with Gasteiger partial charge in [0, 0.05) is 12.1 Å². The van der Waals surface area contributed by atoms with Crippen molar-refractivity contribution in [3.63, 3.8) is 0 Å². The third kappa shape index (κ3) is 14.4. The number of aliphatic hydroxyl groups excluding tert-OH is 1. The first-order chi connectivity index (χ1) is 32.8. The molecular formula is C53H58F2N2O12S. The average Bonchev–Trinajstić information content (AvgIpc) is 3.93. The zero-order chi connectivity index (χ0) is 48.2. The molecule has 2 heterocycles. The van der Waals surface area contributed by atoms with Gasteiger partial charge in [-0.2, -0.15) is 8.42 Å². The molecule has 70 heavy (non-hydrogen) atoms. The summed E-state index contributed by atoms with van der Waals surface area (Å²) in [7, 11) is -3.68. The van der Waals surface area contributed by atoms with E-state index < -0.39 is 46.1 Å². The molecule has 0 bridgehead atoms. The standard InChI is InChI=1S/C26H26FNO7S.C25H24FNO5.2CH4/c1-3-18-9-11-24(25(13-18)32-16-19-7-5-4-6-8-19)35-23-12-10-20(14-22(23)27)28-15-21(34-26(28)29)17-33-36(2,30)31;1-2-17-8-10-23(24(12-17)30-16-18-6-4-3-5-7-18)32-22-11-9-19(13-21(22)26)27-14-20(15-28)31-25(27)29;;/h4-14,21H,3,15-17H2,1-2H3;3-13,20,28H,2,14-16H2,1H3;2*1H4. The van der Waals surface area contributed by atoms with Crippen molar-refractivity contribution >= 4 is 33.7 Å². The lowest BCUT2D eigenvalue weighted by atomic mass is 10.1. The van der Waals surface area contributed by atoms with Crippen molar-refractivity contribution in [3.8, 4) is 34.5 Å². The van der Waals surface area contributed by atoms with Crippen molar-refractivity contribution in [1.82, 2.24) is 0 Å². The van der Waals surface area contributed by atoms with Gasteiger partial charge in [0.05, 0.1) is 37.3 Å². The lowest BCUT2D eigenvalue weighted by Crippen LogP contribution is -2.26. The summed E-state index contributed by atoms with van der Waals surface area (Å²) in [6, 6.07) is 38.8. The van der Waals surface area contributed by atoms with Gasteiger partial charge in [-0.25, -0.2) is 18.4 Å². The highest BCUT2D eigenvalue weighted by Crippen LogP contribution is 2.38. The molecule has 0 radical (unpaired) electrons. The quantitative estimate of drug-likeness (QED) is 0.0813. The monoisotopic (exact) mass is 984 g/mol. The van der Waals surface area contributed by atoms with Gasteiger partial charge in [0.25, 0.3) is 10.1 Å². The largest absolute Gasteiger partial charge is 0.485 e. The number of aryl methyl sites for hydroxylation is 2. The topological polar surface area (TPSA) is 160 Å². The summed E-state index contributed by atoms with van der Waals surface area (Å²) < 4.78 is 90.7. The van der Waals surface area contributed by atoms with Crippen LogP contribution in [0, 0.1) is 11.6 Å². The van der Waals surface area contributed by atoms with E-state index in [2.05, 4.69) is 0 Å². The number of anilines is 2. The van der Waals surface area contributed by atoms with E-state index in [1.807, 2.05) is 98.8 Å². The smallest absolute Gasteiger partial charge is 0.414 e. The van der Waals surface area contributed by atoms with E-state index in [9.17, 15) is 31.9 Å². The summed E-state index contributed by atoms with van der Waals surface area (Å²) in [6.45, 7) is 4.32. The minimum atomic E-state index is -3.68. The zero-order valence-electron chi connectivity index (χ0n) is 37.5. The maximum Gasteiger partial charge on any atom is 0.414 e. The van der Waals surface area contributed by atoms with Crippen molar-refractivity contribution in [2.45, 2.75) is 67.0 Å². The molecule has 2 amide bonds. The number of hydrogen-bond donors (Lipinski definition) is 1. The fraction of sp³-hybridized carbons (Fsp3) is 0.283. The summed E-state index contributed by atoms with van der Waals surface area (Å²) in [6.07, 6.45) is -0.237. The Hall–Kier alpha value is -7.21. The number of cyclic esters (lactones) is 2. The molecule has 2 saturated heterocycles. The average molecular weight is 985 g/mol. The third-order valence-electron chi connectivity index (χ3n) is 10.6. The van der Waals surface area contributed by atoms with Crippen LogP contribution in [0.4, 0.5) is 29.7 Å². The van der Waals surface area contributed by atoms with Gasteiger partial charge in [0.1, 0.15) is 32.0 Å². The van der Waals surface area contributed by atoms with E-state index in [1.165, 1.54) is 34.1 Å². The minimum absolute atomic E-state index is 0. The van der Waals surface area contributed by atoms with Crippen LogP contribution in [0.5, 0.6) is 34.5 Å². The second-order valence-corrected chi connectivity index (χ2v) is 17.3. The second-order valence-electron chi connectivity index (χ2n) is 15.7. The fourth-order valence-corrected chi connectivity index (χ4v) is 7.37. The molecule has 2 aliphatic rings. The maximum atomic E-state index is 15.0. The number of halogens is 2. The fourth-order valence-electron chi connectivity index (χ4n) is 6.97. The number of benzene rings is 6. The SMILES string of the molecule is C.C.CCc1ccc(Oc2ccc(N3CC(CO)OC3=O)cc2F)c(OCc2ccccc2)c1.CCc1ccc(Oc2ccc(N3CC(COS(C)(=O)=O)OC3=O)cc2F)c(OCc2ccccc2)c1. The number of rotatable bonds is 18. The van der Waals surface area contributed by atoms with Crippen LogP contribution in [-0.4, -0.2) is 70.5 Å². The molecule has 6 aromatic rings. The molecule has 2 atom stereocenters. The van der Waals surface area contributed by atoms with Crippen molar-refractivity contribution < 1.29 is 64.5 Å². The Morgan fingerprint density at radius 1 is 0.571 bits per heavy atom. The predicted molar refractivity (Wildman–Crippen MR) is 263 cm³/mol. The number of carbonyl (C=O) groups is 2. The molecule has 8 rings (SSSR count). The van der Waals surface area contributed by atoms with Gasteiger partial charge in [-0.3, -0.25) is 14.0 Å². The highest BCUT2D eigenvalue weighted by Gasteiger charge is 2.34. The Balaban J connectivity index is 0.000000255. The lowest BCUT2D eigenvalue weighted by Gasteiger charge is -2.16. The van der Waals surface area contributed by atoms with Crippen molar-refractivity contribution in [2.24, 2.45) is 0 Å². The predicted octanol–water partition coefficient (Wildman–Crippen LogP) is 11.4. The molecule has 0 aliphatic carbocycles. The van der Waals surface area contributed by atoms with E-state index in [0.29, 0.717) is 41.9 Å². The lowest BCUT2D eigenvalue weighted by molar-refractivity contribution is 0.0963. The van der Waals surface area contributed by atoms with Crippen LogP contribution in [0.25, 0.3) is 0 Å². The summed E-state index contributed by atoms with van der Waals surface area (Å²) in [5.74, 6) is 0.398. The van der Waals surface area contributed by atoms with Crippen LogP contribution in [0.1, 0.15) is 51.0 Å². The number of amides is 2. The zero-order valence-corrected chi connectivity index (χ0v) is 38.3. The number of nitrogens with zero attached hydrogens (tertiary/aromatic N) is 2. The molecule has 14 nitrogen and oxygen atoms in total. The molecule has 2 fully saturated rings. The Kier molecular flexibility index (Phi) is 19.1. The summed E-state index contributed by atoms with van der Waals surface area (Å²) in [5, 5.41) is 9.18. The van der Waals surface area contributed by atoms with Gasteiger partial charge in [-0.15, -0.1) is 0 Å². The highest BCUT2D eigenvalue weighted by atomic mass is 32.2. The number of hydrogen-bond acceptors (Lipinski definition) is 12. The molecule has 2 aliphatic heterocycles. The van der Waals surface area contributed by atoms with Crippen LogP contribution in [-0.2, 0) is 49.8 Å². The molecular weight excluding hydrogens is 927 g/mol. The van der Waals surface area contributed by atoms with Crippen LogP contribution >= 0.6 is 0 Å². The van der Waals surface area contributed by atoms with Crippen LogP contribution in [0.2, 0.25) is 0 Å². The normalized spacial score (nSPS) is 15.1. The van der Waals surface area contributed by atoms with E-state index in [1.54, 1.807) is 18.2 Å². The highest BCUT2D eigenvalue weighted by molar-refractivity contribution is 7.86. The molecule has 0 spiro atoms. The number of ether oxygens (including phenoxy) is 6. The molecule has 6 aromatic carbocycles. The third-order valence-corrected chi connectivity index (χ3v) is 11.2. The van der Waals surface area contributed by atoms with Crippen molar-refractivity contribution in [2.75, 3.05) is 42.4 Å². The summed E-state index contributed by atoms with van der Waals surface area (Å²) >= 11 is 0. The van der Waals surface area contributed by atoms with Gasteiger partial charge >= 0.3 is 12.2 Å². The van der Waals surface area contributed by atoms with E-state index in [4.69, 9.17) is 32.6 Å². The Morgan fingerprint density at radius 2 is 0.986 bits per heavy atom. The number of aliphatic hydroxyl groups is 1. The van der Waals surface area contributed by atoms with Crippen LogP contribution in [0.15, 0.2) is 133 Å². The summed E-state index contributed by atoms with van der Waals surface area (Å²) in [4.78, 5) is 26.6. The van der Waals surface area contributed by atoms with Crippen LogP contribution < -0.4 is 28.7 Å². The van der Waals surface area contributed by atoms with Gasteiger partial charge in [0.2, 0.25) is 0 Å². The Bertz CT molecular complexity index is 2800. The first-order valence-corrected chi connectivity index (χ1v) is 23.6. The Morgan fingerprint density at radius 3 is 1.37 bits per heavy atom. The van der Waals surface area contributed by atoms with E-state index in [-0.39, 0.29) is 58.3 Å². The minimum Gasteiger partial charge on any atom is -0.485 e. The molecule has 17 heteroatoms. The Labute approximate surface area is 408 Å². The first kappa shape index (κ1) is 53.7. The molecule has 372 valence electrons. The molecule has 0 aromatic heterocycles. The molecule has 1 N–H and O–H groups in total. The van der Waals surface area contributed by atoms with Gasteiger partial charge in [0.15, 0.2) is 46.1 Å². The first-order valence-electron chi connectivity index (χ1n) is 21.7. The second kappa shape index (κ2) is 24.9. The van der Waals surface area contributed by atoms with Crippen LogP contribution in [0.3, 0.4) is 0 Å². The number of carbonyl (C=O) groups excluding carboxylic acids is 2. The van der Waals surface area contributed by atoms with Gasteiger partial charge in [-0.1, -0.05) is 101 Å². The maximum absolute atomic E-state index is 15.0.